The maximum Gasteiger partial charge on any atom is 0.255 e. The summed E-state index contributed by atoms with van der Waals surface area (Å²) in [6.07, 6.45) is 0. The van der Waals surface area contributed by atoms with Gasteiger partial charge in [0.15, 0.2) is 0 Å². The Bertz CT molecular complexity index is 641. The van der Waals surface area contributed by atoms with Crippen molar-refractivity contribution in [1.29, 1.82) is 0 Å². The maximum absolute atomic E-state index is 12.1. The van der Waals surface area contributed by atoms with Crippen LogP contribution in [-0.4, -0.2) is 11.0 Å². The van der Waals surface area contributed by atoms with Crippen molar-refractivity contribution in [3.05, 3.63) is 52.0 Å². The zero-order valence-electron chi connectivity index (χ0n) is 10.3. The SMILES string of the molecule is Cc1ccc(C(=O)Nc2ccc(O)cc2N)cc1Br. The molecule has 1 amide bonds. The zero-order valence-corrected chi connectivity index (χ0v) is 11.9. The minimum atomic E-state index is -0.252. The third kappa shape index (κ3) is 3.06. The molecule has 4 nitrogen and oxygen atoms in total. The van der Waals surface area contributed by atoms with Crippen molar-refractivity contribution in [3.63, 3.8) is 0 Å². The molecular formula is C14H13BrN2O2. The Morgan fingerprint density at radius 3 is 2.63 bits per heavy atom. The number of rotatable bonds is 2. The summed E-state index contributed by atoms with van der Waals surface area (Å²) >= 11 is 3.39. The van der Waals surface area contributed by atoms with E-state index in [1.165, 1.54) is 12.1 Å². The Hall–Kier alpha value is -2.01. The van der Waals surface area contributed by atoms with E-state index in [1.807, 2.05) is 13.0 Å². The van der Waals surface area contributed by atoms with E-state index in [-0.39, 0.29) is 11.7 Å². The molecule has 0 heterocycles. The molecule has 0 unspecified atom stereocenters. The van der Waals surface area contributed by atoms with E-state index < -0.39 is 0 Å². The smallest absolute Gasteiger partial charge is 0.255 e. The highest BCUT2D eigenvalue weighted by molar-refractivity contribution is 9.10. The monoisotopic (exact) mass is 320 g/mol. The fourth-order valence-electron chi connectivity index (χ4n) is 1.59. The predicted octanol–water partition coefficient (Wildman–Crippen LogP) is 3.30. The quantitative estimate of drug-likeness (QED) is 0.587. The normalized spacial score (nSPS) is 10.2. The van der Waals surface area contributed by atoms with Gasteiger partial charge in [-0.05, 0) is 36.8 Å². The third-order valence-corrected chi connectivity index (χ3v) is 3.57. The van der Waals surface area contributed by atoms with Gasteiger partial charge in [-0.25, -0.2) is 0 Å². The highest BCUT2D eigenvalue weighted by Crippen LogP contribution is 2.24. The number of hydrogen-bond acceptors (Lipinski definition) is 3. The van der Waals surface area contributed by atoms with E-state index in [4.69, 9.17) is 5.73 Å². The summed E-state index contributed by atoms with van der Waals surface area (Å²) < 4.78 is 0.874. The fraction of sp³-hybridized carbons (Fsp3) is 0.0714. The van der Waals surface area contributed by atoms with Gasteiger partial charge in [-0.3, -0.25) is 4.79 Å². The number of hydrogen-bond donors (Lipinski definition) is 3. The lowest BCUT2D eigenvalue weighted by Gasteiger charge is -2.09. The van der Waals surface area contributed by atoms with Crippen molar-refractivity contribution in [2.45, 2.75) is 6.92 Å². The van der Waals surface area contributed by atoms with Gasteiger partial charge in [0.25, 0.3) is 5.91 Å². The summed E-state index contributed by atoms with van der Waals surface area (Å²) in [5, 5.41) is 12.0. The largest absolute Gasteiger partial charge is 0.508 e. The average Bonchev–Trinajstić information content (AvgIpc) is 2.36. The molecule has 2 aromatic rings. The van der Waals surface area contributed by atoms with Crippen molar-refractivity contribution < 1.29 is 9.90 Å². The van der Waals surface area contributed by atoms with Gasteiger partial charge in [0.2, 0.25) is 0 Å². The van der Waals surface area contributed by atoms with Crippen molar-refractivity contribution in [2.24, 2.45) is 0 Å². The third-order valence-electron chi connectivity index (χ3n) is 2.72. The molecule has 0 atom stereocenters. The van der Waals surface area contributed by atoms with E-state index >= 15 is 0 Å². The van der Waals surface area contributed by atoms with Crippen LogP contribution in [0.3, 0.4) is 0 Å². The molecule has 0 fully saturated rings. The fourth-order valence-corrected chi connectivity index (χ4v) is 1.97. The summed E-state index contributed by atoms with van der Waals surface area (Å²) in [4.78, 5) is 12.1. The van der Waals surface area contributed by atoms with Crippen LogP contribution in [0.4, 0.5) is 11.4 Å². The Labute approximate surface area is 119 Å². The number of phenols is 1. The van der Waals surface area contributed by atoms with E-state index in [0.29, 0.717) is 16.9 Å². The standard InChI is InChI=1S/C14H13BrN2O2/c1-8-2-3-9(6-11(8)15)14(19)17-13-5-4-10(18)7-12(13)16/h2-7,18H,16H2,1H3,(H,17,19). The van der Waals surface area contributed by atoms with Gasteiger partial charge in [0, 0.05) is 16.1 Å². The number of aromatic hydroxyl groups is 1. The first-order chi connectivity index (χ1) is 8.97. The number of nitrogen functional groups attached to an aromatic ring is 1. The number of nitrogens with two attached hydrogens (primary N) is 1. The number of carbonyl (C=O) groups excluding carboxylic acids is 1. The van der Waals surface area contributed by atoms with Crippen LogP contribution in [-0.2, 0) is 0 Å². The van der Waals surface area contributed by atoms with Gasteiger partial charge in [-0.2, -0.15) is 0 Å². The molecular weight excluding hydrogens is 308 g/mol. The minimum Gasteiger partial charge on any atom is -0.508 e. The molecule has 0 saturated carbocycles. The molecule has 0 radical (unpaired) electrons. The van der Waals surface area contributed by atoms with Gasteiger partial charge in [-0.15, -0.1) is 0 Å². The van der Waals surface area contributed by atoms with E-state index in [1.54, 1.807) is 18.2 Å². The first-order valence-corrected chi connectivity index (χ1v) is 6.42. The van der Waals surface area contributed by atoms with Crippen LogP contribution in [0.2, 0.25) is 0 Å². The highest BCUT2D eigenvalue weighted by atomic mass is 79.9. The van der Waals surface area contributed by atoms with E-state index in [9.17, 15) is 9.90 Å². The van der Waals surface area contributed by atoms with Gasteiger partial charge >= 0.3 is 0 Å². The second-order valence-electron chi connectivity index (χ2n) is 4.19. The summed E-state index contributed by atoms with van der Waals surface area (Å²) in [6, 6.07) is 9.77. The number of carbonyl (C=O) groups is 1. The zero-order chi connectivity index (χ0) is 14.0. The van der Waals surface area contributed by atoms with Gasteiger partial charge < -0.3 is 16.2 Å². The van der Waals surface area contributed by atoms with Crippen molar-refractivity contribution >= 4 is 33.2 Å². The number of anilines is 2. The number of phenolic OH excluding ortho intramolecular Hbond substituents is 1. The van der Waals surface area contributed by atoms with Crippen LogP contribution in [0.5, 0.6) is 5.75 Å². The molecule has 4 N–H and O–H groups in total. The van der Waals surface area contributed by atoms with Crippen LogP contribution < -0.4 is 11.1 Å². The summed E-state index contributed by atoms with van der Waals surface area (Å²) in [7, 11) is 0. The molecule has 19 heavy (non-hydrogen) atoms. The minimum absolute atomic E-state index is 0.0635. The van der Waals surface area contributed by atoms with Crippen LogP contribution >= 0.6 is 15.9 Å². The summed E-state index contributed by atoms with van der Waals surface area (Å²) in [6.45, 7) is 1.95. The van der Waals surface area contributed by atoms with E-state index in [2.05, 4.69) is 21.2 Å². The first kappa shape index (κ1) is 13.4. The van der Waals surface area contributed by atoms with Gasteiger partial charge in [0.1, 0.15) is 5.75 Å². The second kappa shape index (κ2) is 5.32. The Morgan fingerprint density at radius 2 is 2.00 bits per heavy atom. The lowest BCUT2D eigenvalue weighted by molar-refractivity contribution is 0.102. The maximum atomic E-state index is 12.1. The molecule has 0 saturated heterocycles. The molecule has 0 aliphatic heterocycles. The Morgan fingerprint density at radius 1 is 1.26 bits per heavy atom. The lowest BCUT2D eigenvalue weighted by atomic mass is 10.1. The predicted molar refractivity (Wildman–Crippen MR) is 79.4 cm³/mol. The molecule has 0 spiro atoms. The molecule has 5 heteroatoms. The number of amides is 1. The summed E-state index contributed by atoms with van der Waals surface area (Å²) in [5.41, 5.74) is 8.10. The van der Waals surface area contributed by atoms with Crippen molar-refractivity contribution in [3.8, 4) is 5.75 Å². The molecule has 0 bridgehead atoms. The Kier molecular flexibility index (Phi) is 3.76. The topological polar surface area (TPSA) is 75.3 Å². The molecule has 2 rings (SSSR count). The van der Waals surface area contributed by atoms with Crippen molar-refractivity contribution in [1.82, 2.24) is 0 Å². The van der Waals surface area contributed by atoms with Gasteiger partial charge in [-0.1, -0.05) is 22.0 Å². The Balaban J connectivity index is 2.23. The van der Waals surface area contributed by atoms with Crippen LogP contribution in [0.25, 0.3) is 0 Å². The molecule has 2 aromatic carbocycles. The van der Waals surface area contributed by atoms with Crippen molar-refractivity contribution in [2.75, 3.05) is 11.1 Å². The van der Waals surface area contributed by atoms with Crippen LogP contribution in [0.1, 0.15) is 15.9 Å². The summed E-state index contributed by atoms with van der Waals surface area (Å²) in [5.74, 6) is -0.188. The molecule has 0 aliphatic carbocycles. The first-order valence-electron chi connectivity index (χ1n) is 5.63. The number of nitrogens with one attached hydrogen (secondary N) is 1. The lowest BCUT2D eigenvalue weighted by Crippen LogP contribution is -2.13. The van der Waals surface area contributed by atoms with Gasteiger partial charge in [0.05, 0.1) is 11.4 Å². The number of halogens is 1. The number of benzene rings is 2. The second-order valence-corrected chi connectivity index (χ2v) is 5.04. The molecule has 0 aliphatic rings. The highest BCUT2D eigenvalue weighted by Gasteiger charge is 2.09. The average molecular weight is 321 g/mol. The van der Waals surface area contributed by atoms with Crippen LogP contribution in [0.15, 0.2) is 40.9 Å². The molecule has 0 aromatic heterocycles. The van der Waals surface area contributed by atoms with E-state index in [0.717, 1.165) is 10.0 Å². The molecule has 98 valence electrons. The number of aryl methyl sites for hydroxylation is 1. The van der Waals surface area contributed by atoms with Crippen LogP contribution in [0, 0.1) is 6.92 Å².